The van der Waals surface area contributed by atoms with Gasteiger partial charge in [-0.25, -0.2) is 0 Å². The number of rotatable bonds is 4. The fourth-order valence-electron chi connectivity index (χ4n) is 2.38. The Morgan fingerprint density at radius 3 is 2.78 bits per heavy atom. The van der Waals surface area contributed by atoms with Crippen LogP contribution in [0.15, 0.2) is 24.3 Å². The summed E-state index contributed by atoms with van der Waals surface area (Å²) in [6.07, 6.45) is 6.26. The molecule has 0 radical (unpaired) electrons. The molecule has 1 amide bonds. The minimum atomic E-state index is -0.874. The Balaban J connectivity index is 2.02. The number of amides is 1. The first-order chi connectivity index (χ1) is 8.65. The van der Waals surface area contributed by atoms with E-state index in [9.17, 15) is 9.00 Å². The predicted octanol–water partition coefficient (Wildman–Crippen LogP) is 2.24. The van der Waals surface area contributed by atoms with Crippen molar-refractivity contribution in [1.29, 1.82) is 0 Å². The van der Waals surface area contributed by atoms with E-state index in [1.807, 2.05) is 24.3 Å². The van der Waals surface area contributed by atoms with Gasteiger partial charge in [0.2, 0.25) is 0 Å². The van der Waals surface area contributed by atoms with Crippen LogP contribution < -0.4 is 5.32 Å². The van der Waals surface area contributed by atoms with E-state index >= 15 is 0 Å². The summed E-state index contributed by atoms with van der Waals surface area (Å²) < 4.78 is 11.2. The molecule has 3 nitrogen and oxygen atoms in total. The van der Waals surface area contributed by atoms with Gasteiger partial charge in [-0.2, -0.15) is 0 Å². The highest BCUT2D eigenvalue weighted by Crippen LogP contribution is 2.18. The minimum Gasteiger partial charge on any atom is -0.349 e. The summed E-state index contributed by atoms with van der Waals surface area (Å²) in [7, 11) is -0.874. The Morgan fingerprint density at radius 1 is 1.39 bits per heavy atom. The second kappa shape index (κ2) is 6.14. The maximum absolute atomic E-state index is 12.1. The zero-order chi connectivity index (χ0) is 13.0. The van der Waals surface area contributed by atoms with Crippen molar-refractivity contribution in [2.75, 3.05) is 6.26 Å². The number of benzene rings is 1. The first-order valence-corrected chi connectivity index (χ1v) is 8.07. The Morgan fingerprint density at radius 2 is 2.11 bits per heavy atom. The van der Waals surface area contributed by atoms with Gasteiger partial charge in [0.1, 0.15) is 0 Å². The van der Waals surface area contributed by atoms with Crippen LogP contribution >= 0.6 is 0 Å². The molecule has 1 unspecified atom stereocenters. The molecule has 1 N–H and O–H groups in total. The average molecular weight is 265 g/mol. The summed E-state index contributed by atoms with van der Waals surface area (Å²) >= 11 is 0. The first kappa shape index (κ1) is 13.3. The normalized spacial score (nSPS) is 17.6. The highest BCUT2D eigenvalue weighted by molar-refractivity contribution is 7.83. The molecule has 0 heterocycles. The second-order valence-electron chi connectivity index (χ2n) is 4.87. The standard InChI is InChI=1S/C14H19NO2S/c1-18(17)10-11-5-4-6-12(9-11)14(16)15-13-7-2-3-8-13/h4-6,9,13H,2-3,7-8,10H2,1H3,(H,15,16). The molecule has 4 heteroatoms. The lowest BCUT2D eigenvalue weighted by Gasteiger charge is -2.12. The van der Waals surface area contributed by atoms with Crippen molar-refractivity contribution in [1.82, 2.24) is 5.32 Å². The van der Waals surface area contributed by atoms with Gasteiger partial charge in [0.25, 0.3) is 5.91 Å². The Kier molecular flexibility index (Phi) is 4.53. The lowest BCUT2D eigenvalue weighted by molar-refractivity contribution is 0.0938. The van der Waals surface area contributed by atoms with E-state index in [0.29, 0.717) is 17.4 Å². The summed E-state index contributed by atoms with van der Waals surface area (Å²) in [6.45, 7) is 0. The number of carbonyl (C=O) groups excluding carboxylic acids is 1. The molecule has 98 valence electrons. The minimum absolute atomic E-state index is 0.00867. The molecule has 0 aliphatic heterocycles. The largest absolute Gasteiger partial charge is 0.349 e. The number of hydrogen-bond donors (Lipinski definition) is 1. The maximum Gasteiger partial charge on any atom is 0.251 e. The van der Waals surface area contributed by atoms with Crippen LogP contribution in [0.4, 0.5) is 0 Å². The highest BCUT2D eigenvalue weighted by atomic mass is 32.2. The van der Waals surface area contributed by atoms with Crippen LogP contribution in [0.25, 0.3) is 0 Å². The van der Waals surface area contributed by atoms with Crippen molar-refractivity contribution < 1.29 is 9.00 Å². The molecular formula is C14H19NO2S. The van der Waals surface area contributed by atoms with E-state index in [2.05, 4.69) is 5.32 Å². The van der Waals surface area contributed by atoms with Gasteiger partial charge in [-0.05, 0) is 30.5 Å². The molecule has 2 rings (SSSR count). The van der Waals surface area contributed by atoms with Gasteiger partial charge < -0.3 is 5.32 Å². The van der Waals surface area contributed by atoms with Crippen LogP contribution in [0.2, 0.25) is 0 Å². The number of carbonyl (C=O) groups is 1. The summed E-state index contributed by atoms with van der Waals surface area (Å²) in [5.41, 5.74) is 1.62. The molecule has 0 spiro atoms. The molecule has 0 saturated heterocycles. The van der Waals surface area contributed by atoms with Crippen LogP contribution in [0.5, 0.6) is 0 Å². The molecule has 1 fully saturated rings. The highest BCUT2D eigenvalue weighted by Gasteiger charge is 2.17. The summed E-state index contributed by atoms with van der Waals surface area (Å²) in [5.74, 6) is 0.496. The van der Waals surface area contributed by atoms with Crippen molar-refractivity contribution in [3.05, 3.63) is 35.4 Å². The fraction of sp³-hybridized carbons (Fsp3) is 0.500. The molecule has 1 atom stereocenters. The first-order valence-electron chi connectivity index (χ1n) is 6.35. The molecule has 1 aliphatic rings. The quantitative estimate of drug-likeness (QED) is 0.907. The zero-order valence-corrected chi connectivity index (χ0v) is 11.5. The van der Waals surface area contributed by atoms with Crippen LogP contribution in [-0.4, -0.2) is 22.4 Å². The third-order valence-corrected chi connectivity index (χ3v) is 3.99. The van der Waals surface area contributed by atoms with Crippen LogP contribution in [0, 0.1) is 0 Å². The van der Waals surface area contributed by atoms with Crippen molar-refractivity contribution in [3.8, 4) is 0 Å². The number of hydrogen-bond acceptors (Lipinski definition) is 2. The third-order valence-electron chi connectivity index (χ3n) is 3.25. The number of nitrogens with one attached hydrogen (secondary N) is 1. The molecule has 18 heavy (non-hydrogen) atoms. The van der Waals surface area contributed by atoms with Gasteiger partial charge in [0, 0.05) is 34.4 Å². The van der Waals surface area contributed by atoms with E-state index in [-0.39, 0.29) is 5.91 Å². The Labute approximate surface area is 110 Å². The van der Waals surface area contributed by atoms with E-state index < -0.39 is 10.8 Å². The van der Waals surface area contributed by atoms with Gasteiger partial charge in [-0.1, -0.05) is 25.0 Å². The molecule has 0 bridgehead atoms. The monoisotopic (exact) mass is 265 g/mol. The van der Waals surface area contributed by atoms with E-state index in [4.69, 9.17) is 0 Å². The average Bonchev–Trinajstić information content (AvgIpc) is 2.81. The zero-order valence-electron chi connectivity index (χ0n) is 10.6. The van der Waals surface area contributed by atoms with Crippen LogP contribution in [-0.2, 0) is 16.6 Å². The smallest absolute Gasteiger partial charge is 0.251 e. The molecular weight excluding hydrogens is 246 g/mol. The van der Waals surface area contributed by atoms with Crippen molar-refractivity contribution in [2.45, 2.75) is 37.5 Å². The molecule has 1 aromatic rings. The van der Waals surface area contributed by atoms with Gasteiger partial charge in [-0.15, -0.1) is 0 Å². The van der Waals surface area contributed by atoms with Gasteiger partial charge in [-0.3, -0.25) is 9.00 Å². The van der Waals surface area contributed by atoms with Crippen molar-refractivity contribution >= 4 is 16.7 Å². The predicted molar refractivity (Wildman–Crippen MR) is 73.9 cm³/mol. The second-order valence-corrected chi connectivity index (χ2v) is 6.31. The third kappa shape index (κ3) is 3.67. The van der Waals surface area contributed by atoms with Gasteiger partial charge in [0.05, 0.1) is 0 Å². The van der Waals surface area contributed by atoms with Crippen LogP contribution in [0.3, 0.4) is 0 Å². The fourth-order valence-corrected chi connectivity index (χ4v) is 3.02. The molecule has 1 saturated carbocycles. The molecule has 1 aromatic carbocycles. The van der Waals surface area contributed by atoms with E-state index in [1.165, 1.54) is 12.8 Å². The summed E-state index contributed by atoms with van der Waals surface area (Å²) in [5, 5.41) is 3.06. The summed E-state index contributed by atoms with van der Waals surface area (Å²) in [4.78, 5) is 12.1. The molecule has 1 aliphatic carbocycles. The molecule has 0 aromatic heterocycles. The van der Waals surface area contributed by atoms with E-state index in [0.717, 1.165) is 18.4 Å². The van der Waals surface area contributed by atoms with Crippen molar-refractivity contribution in [2.24, 2.45) is 0 Å². The topological polar surface area (TPSA) is 46.2 Å². The summed E-state index contributed by atoms with van der Waals surface area (Å²) in [6, 6.07) is 7.75. The van der Waals surface area contributed by atoms with Gasteiger partial charge >= 0.3 is 0 Å². The van der Waals surface area contributed by atoms with Crippen LogP contribution in [0.1, 0.15) is 41.6 Å². The lowest BCUT2D eigenvalue weighted by Crippen LogP contribution is -2.32. The van der Waals surface area contributed by atoms with Crippen molar-refractivity contribution in [3.63, 3.8) is 0 Å². The Bertz CT molecular complexity index is 453. The SMILES string of the molecule is CS(=O)Cc1cccc(C(=O)NC2CCCC2)c1. The van der Waals surface area contributed by atoms with Gasteiger partial charge in [0.15, 0.2) is 0 Å². The lowest BCUT2D eigenvalue weighted by atomic mass is 10.1. The maximum atomic E-state index is 12.1. The Hall–Kier alpha value is -1.16. The van der Waals surface area contributed by atoms with E-state index in [1.54, 1.807) is 6.26 Å².